The molecule has 0 atom stereocenters. The maximum atomic E-state index is 11.4. The smallest absolute Gasteiger partial charge is 0.319 e. The summed E-state index contributed by atoms with van der Waals surface area (Å²) in [5, 5.41) is 3.32. The summed E-state index contributed by atoms with van der Waals surface area (Å²) in [6.45, 7) is 5.31. The molecular weight excluding hydrogens is 214 g/mol. The number of carbonyl (C=O) groups excluding carboxylic acids is 1. The zero-order valence-corrected chi connectivity index (χ0v) is 11.3. The molecule has 0 radical (unpaired) electrons. The van der Waals surface area contributed by atoms with Gasteiger partial charge < -0.3 is 10.1 Å². The molecule has 3 heteroatoms. The van der Waals surface area contributed by atoms with E-state index in [0.29, 0.717) is 19.2 Å². The highest BCUT2D eigenvalue weighted by atomic mass is 16.5. The molecule has 17 heavy (non-hydrogen) atoms. The monoisotopic (exact) mass is 241 g/mol. The molecule has 0 aromatic carbocycles. The molecule has 1 aliphatic carbocycles. The van der Waals surface area contributed by atoms with Crippen LogP contribution in [0.4, 0.5) is 0 Å². The molecular formula is C14H27NO2. The fourth-order valence-corrected chi connectivity index (χ4v) is 2.38. The predicted molar refractivity (Wildman–Crippen MR) is 69.9 cm³/mol. The first kappa shape index (κ1) is 14.5. The second-order valence-corrected chi connectivity index (χ2v) is 5.08. The maximum Gasteiger partial charge on any atom is 0.319 e. The molecule has 100 valence electrons. The first-order chi connectivity index (χ1) is 8.26. The second-order valence-electron chi connectivity index (χ2n) is 5.08. The minimum atomic E-state index is -0.101. The van der Waals surface area contributed by atoms with Crippen molar-refractivity contribution in [2.75, 3.05) is 13.2 Å². The third-order valence-electron chi connectivity index (χ3n) is 3.72. The lowest BCUT2D eigenvalue weighted by Gasteiger charge is -2.28. The highest BCUT2D eigenvalue weighted by molar-refractivity contribution is 5.71. The normalized spacial score (nSPS) is 24.6. The van der Waals surface area contributed by atoms with Gasteiger partial charge in [0.1, 0.15) is 0 Å². The molecule has 0 spiro atoms. The summed E-state index contributed by atoms with van der Waals surface area (Å²) in [6, 6.07) is 0.525. The number of ether oxygens (including phenoxy) is 1. The Morgan fingerprint density at radius 2 is 1.94 bits per heavy atom. The van der Waals surface area contributed by atoms with Crippen molar-refractivity contribution in [2.24, 2.45) is 5.92 Å². The van der Waals surface area contributed by atoms with E-state index in [1.54, 1.807) is 0 Å². The van der Waals surface area contributed by atoms with Crippen LogP contribution in [0.15, 0.2) is 0 Å². The van der Waals surface area contributed by atoms with Crippen LogP contribution in [-0.2, 0) is 9.53 Å². The Hall–Kier alpha value is -0.570. The topological polar surface area (TPSA) is 38.3 Å². The number of unbranched alkanes of at least 4 members (excludes halogenated alkanes) is 1. The first-order valence-corrected chi connectivity index (χ1v) is 7.15. The molecule has 3 nitrogen and oxygen atoms in total. The number of hydrogen-bond donors (Lipinski definition) is 1. The van der Waals surface area contributed by atoms with E-state index < -0.39 is 0 Å². The summed E-state index contributed by atoms with van der Waals surface area (Å²) < 4.78 is 5.11. The Bertz CT molecular complexity index is 210. The van der Waals surface area contributed by atoms with Crippen molar-refractivity contribution in [1.82, 2.24) is 5.32 Å². The molecule has 0 saturated heterocycles. The molecule has 1 saturated carbocycles. The van der Waals surface area contributed by atoms with Gasteiger partial charge in [0, 0.05) is 6.04 Å². The first-order valence-electron chi connectivity index (χ1n) is 7.15. The Balaban J connectivity index is 2.04. The lowest BCUT2D eigenvalue weighted by molar-refractivity contribution is -0.142. The molecule has 0 aromatic rings. The molecule has 0 amide bonds. The van der Waals surface area contributed by atoms with Crippen LogP contribution in [0.1, 0.15) is 58.8 Å². The largest absolute Gasteiger partial charge is 0.465 e. The average molecular weight is 241 g/mol. The lowest BCUT2D eigenvalue weighted by Crippen LogP contribution is -2.37. The van der Waals surface area contributed by atoms with Crippen LogP contribution >= 0.6 is 0 Å². The van der Waals surface area contributed by atoms with Crippen LogP contribution in [0.3, 0.4) is 0 Å². The lowest BCUT2D eigenvalue weighted by atomic mass is 9.84. The van der Waals surface area contributed by atoms with Gasteiger partial charge in [-0.25, -0.2) is 0 Å². The van der Waals surface area contributed by atoms with Gasteiger partial charge in [-0.05, 0) is 38.0 Å². The summed E-state index contributed by atoms with van der Waals surface area (Å²) in [5.74, 6) is 0.806. The van der Waals surface area contributed by atoms with E-state index in [-0.39, 0.29) is 5.97 Å². The number of rotatable bonds is 7. The second kappa shape index (κ2) is 8.51. The van der Waals surface area contributed by atoms with Gasteiger partial charge in [-0.15, -0.1) is 0 Å². The molecule has 0 aliphatic heterocycles. The van der Waals surface area contributed by atoms with Crippen LogP contribution in [0.5, 0.6) is 0 Å². The van der Waals surface area contributed by atoms with Gasteiger partial charge in [0.15, 0.2) is 0 Å². The molecule has 0 aromatic heterocycles. The van der Waals surface area contributed by atoms with Crippen LogP contribution in [0.2, 0.25) is 0 Å². The van der Waals surface area contributed by atoms with Crippen molar-refractivity contribution in [2.45, 2.75) is 64.8 Å². The van der Waals surface area contributed by atoms with Crippen molar-refractivity contribution < 1.29 is 9.53 Å². The Morgan fingerprint density at radius 3 is 2.53 bits per heavy atom. The van der Waals surface area contributed by atoms with E-state index in [4.69, 9.17) is 4.74 Å². The molecule has 1 N–H and O–H groups in total. The fraction of sp³-hybridized carbons (Fsp3) is 0.929. The minimum Gasteiger partial charge on any atom is -0.465 e. The van der Waals surface area contributed by atoms with E-state index in [1.807, 2.05) is 0 Å². The van der Waals surface area contributed by atoms with E-state index >= 15 is 0 Å². The third-order valence-corrected chi connectivity index (χ3v) is 3.72. The highest BCUT2D eigenvalue weighted by Gasteiger charge is 2.20. The van der Waals surface area contributed by atoms with E-state index in [1.165, 1.54) is 32.1 Å². The van der Waals surface area contributed by atoms with Gasteiger partial charge in [-0.3, -0.25) is 4.79 Å². The fourth-order valence-electron chi connectivity index (χ4n) is 2.38. The standard InChI is InChI=1S/C14H27NO2/c1-3-5-10-17-14(16)11-15-13-8-6-12(4-2)7-9-13/h12-13,15H,3-11H2,1-2H3. The Morgan fingerprint density at radius 1 is 1.24 bits per heavy atom. The predicted octanol–water partition coefficient (Wildman–Crippen LogP) is 2.89. The Labute approximate surface area is 105 Å². The molecule has 0 bridgehead atoms. The van der Waals surface area contributed by atoms with Gasteiger partial charge in [-0.1, -0.05) is 26.7 Å². The number of esters is 1. The summed E-state index contributed by atoms with van der Waals surface area (Å²) in [4.78, 5) is 11.4. The van der Waals surface area contributed by atoms with Crippen molar-refractivity contribution in [3.05, 3.63) is 0 Å². The zero-order valence-electron chi connectivity index (χ0n) is 11.3. The summed E-state index contributed by atoms with van der Waals surface area (Å²) in [6.07, 6.45) is 8.36. The van der Waals surface area contributed by atoms with Crippen molar-refractivity contribution >= 4 is 5.97 Å². The van der Waals surface area contributed by atoms with Gasteiger partial charge in [0.2, 0.25) is 0 Å². The van der Waals surface area contributed by atoms with E-state index in [2.05, 4.69) is 19.2 Å². The summed E-state index contributed by atoms with van der Waals surface area (Å²) in [7, 11) is 0. The van der Waals surface area contributed by atoms with Gasteiger partial charge in [-0.2, -0.15) is 0 Å². The summed E-state index contributed by atoms with van der Waals surface area (Å²) in [5.41, 5.74) is 0. The van der Waals surface area contributed by atoms with Crippen LogP contribution in [-0.4, -0.2) is 25.2 Å². The van der Waals surface area contributed by atoms with Crippen LogP contribution in [0, 0.1) is 5.92 Å². The highest BCUT2D eigenvalue weighted by Crippen LogP contribution is 2.26. The van der Waals surface area contributed by atoms with Gasteiger partial charge in [0.05, 0.1) is 13.2 Å². The number of nitrogens with one attached hydrogen (secondary N) is 1. The average Bonchev–Trinajstić information content (AvgIpc) is 2.37. The molecule has 1 fully saturated rings. The van der Waals surface area contributed by atoms with Gasteiger partial charge >= 0.3 is 5.97 Å². The number of carbonyl (C=O) groups is 1. The van der Waals surface area contributed by atoms with Crippen molar-refractivity contribution in [1.29, 1.82) is 0 Å². The maximum absolute atomic E-state index is 11.4. The SMILES string of the molecule is CCCCOC(=O)CNC1CCC(CC)CC1. The minimum absolute atomic E-state index is 0.101. The molecule has 0 unspecified atom stereocenters. The molecule has 1 aliphatic rings. The quantitative estimate of drug-likeness (QED) is 0.550. The third kappa shape index (κ3) is 6.06. The zero-order chi connectivity index (χ0) is 12.5. The van der Waals surface area contributed by atoms with E-state index in [9.17, 15) is 4.79 Å². The van der Waals surface area contributed by atoms with Gasteiger partial charge in [0.25, 0.3) is 0 Å². The van der Waals surface area contributed by atoms with Crippen LogP contribution in [0.25, 0.3) is 0 Å². The molecule has 1 rings (SSSR count). The number of hydrogen-bond acceptors (Lipinski definition) is 3. The molecule has 0 heterocycles. The van der Waals surface area contributed by atoms with Crippen molar-refractivity contribution in [3.8, 4) is 0 Å². The van der Waals surface area contributed by atoms with Crippen LogP contribution < -0.4 is 5.32 Å². The van der Waals surface area contributed by atoms with Crippen molar-refractivity contribution in [3.63, 3.8) is 0 Å². The van der Waals surface area contributed by atoms with E-state index in [0.717, 1.165) is 18.8 Å². The Kier molecular flexibility index (Phi) is 7.25. The summed E-state index contributed by atoms with van der Waals surface area (Å²) >= 11 is 0.